The fourth-order valence-corrected chi connectivity index (χ4v) is 1.80. The van der Waals surface area contributed by atoms with Crippen LogP contribution in [0.5, 0.6) is 5.75 Å². The number of pyridine rings is 1. The Bertz CT molecular complexity index is 282. The van der Waals surface area contributed by atoms with Crippen LogP contribution < -0.4 is 5.32 Å². The van der Waals surface area contributed by atoms with Crippen LogP contribution in [0.3, 0.4) is 0 Å². The fraction of sp³-hybridized carbons (Fsp3) is 0.500. The van der Waals surface area contributed by atoms with Gasteiger partial charge in [0.1, 0.15) is 5.75 Å². The van der Waals surface area contributed by atoms with Crippen LogP contribution in [0.2, 0.25) is 0 Å². The second kappa shape index (κ2) is 3.75. The minimum absolute atomic E-state index is 0.267. The molecule has 0 saturated carbocycles. The van der Waals surface area contributed by atoms with Crippen molar-refractivity contribution in [2.24, 2.45) is 0 Å². The van der Waals surface area contributed by atoms with Crippen LogP contribution in [0.25, 0.3) is 0 Å². The lowest BCUT2D eigenvalue weighted by molar-refractivity contribution is 0.450. The van der Waals surface area contributed by atoms with Crippen molar-refractivity contribution in [2.75, 3.05) is 13.1 Å². The summed E-state index contributed by atoms with van der Waals surface area (Å²) in [7, 11) is 0. The van der Waals surface area contributed by atoms with Gasteiger partial charge in [0, 0.05) is 12.7 Å². The molecule has 0 aliphatic carbocycles. The van der Waals surface area contributed by atoms with Gasteiger partial charge in [-0.1, -0.05) is 0 Å². The highest BCUT2D eigenvalue weighted by Gasteiger charge is 2.15. The van der Waals surface area contributed by atoms with Crippen molar-refractivity contribution >= 4 is 0 Å². The molecule has 0 amide bonds. The van der Waals surface area contributed by atoms with Gasteiger partial charge in [0.15, 0.2) is 0 Å². The van der Waals surface area contributed by atoms with E-state index in [1.807, 2.05) is 12.3 Å². The average Bonchev–Trinajstić information content (AvgIpc) is 2.19. The van der Waals surface area contributed by atoms with Gasteiger partial charge in [-0.3, -0.25) is 4.98 Å². The number of hydrogen-bond acceptors (Lipinski definition) is 3. The van der Waals surface area contributed by atoms with Crippen LogP contribution in [0, 0.1) is 0 Å². The third-order valence-corrected chi connectivity index (χ3v) is 2.51. The van der Waals surface area contributed by atoms with Gasteiger partial charge in [-0.15, -0.1) is 0 Å². The van der Waals surface area contributed by atoms with Crippen LogP contribution in [-0.2, 0) is 0 Å². The minimum Gasteiger partial charge on any atom is -0.506 e. The van der Waals surface area contributed by atoms with Gasteiger partial charge in [0.2, 0.25) is 0 Å². The maximum Gasteiger partial charge on any atom is 0.134 e. The molecule has 3 nitrogen and oxygen atoms in total. The first-order valence-electron chi connectivity index (χ1n) is 4.71. The number of rotatable bonds is 1. The zero-order chi connectivity index (χ0) is 9.10. The molecule has 1 unspecified atom stereocenters. The van der Waals surface area contributed by atoms with E-state index in [0.29, 0.717) is 5.92 Å². The van der Waals surface area contributed by atoms with Crippen molar-refractivity contribution < 1.29 is 5.11 Å². The van der Waals surface area contributed by atoms with E-state index in [1.165, 1.54) is 19.0 Å². The Morgan fingerprint density at radius 2 is 2.38 bits per heavy atom. The highest BCUT2D eigenvalue weighted by molar-refractivity contribution is 5.25. The van der Waals surface area contributed by atoms with Gasteiger partial charge in [0.25, 0.3) is 0 Å². The summed E-state index contributed by atoms with van der Waals surface area (Å²) in [4.78, 5) is 3.98. The molecule has 13 heavy (non-hydrogen) atoms. The van der Waals surface area contributed by atoms with Crippen LogP contribution >= 0.6 is 0 Å². The topological polar surface area (TPSA) is 45.2 Å². The van der Waals surface area contributed by atoms with Crippen molar-refractivity contribution in [3.05, 3.63) is 24.0 Å². The minimum atomic E-state index is 0.267. The highest BCUT2D eigenvalue weighted by atomic mass is 16.3. The van der Waals surface area contributed by atoms with E-state index in [4.69, 9.17) is 0 Å². The maximum atomic E-state index is 9.26. The average molecular weight is 178 g/mol. The Labute approximate surface area is 77.8 Å². The van der Waals surface area contributed by atoms with Crippen molar-refractivity contribution in [3.8, 4) is 5.75 Å². The molecule has 1 aromatic rings. The molecule has 2 heterocycles. The van der Waals surface area contributed by atoms with E-state index in [0.717, 1.165) is 18.7 Å². The highest BCUT2D eigenvalue weighted by Crippen LogP contribution is 2.24. The summed E-state index contributed by atoms with van der Waals surface area (Å²) >= 11 is 0. The number of piperidine rings is 1. The van der Waals surface area contributed by atoms with E-state index < -0.39 is 0 Å². The van der Waals surface area contributed by atoms with Crippen LogP contribution in [-0.4, -0.2) is 23.2 Å². The summed E-state index contributed by atoms with van der Waals surface area (Å²) in [5.74, 6) is 0.788. The molecule has 3 heteroatoms. The fourth-order valence-electron chi connectivity index (χ4n) is 1.80. The molecule has 1 aliphatic heterocycles. The predicted octanol–water partition coefficient (Wildman–Crippen LogP) is 1.25. The van der Waals surface area contributed by atoms with E-state index >= 15 is 0 Å². The third kappa shape index (κ3) is 1.98. The summed E-state index contributed by atoms with van der Waals surface area (Å²) < 4.78 is 0. The predicted molar refractivity (Wildman–Crippen MR) is 50.7 cm³/mol. The maximum absolute atomic E-state index is 9.26. The normalized spacial score (nSPS) is 22.9. The smallest absolute Gasteiger partial charge is 0.134 e. The first kappa shape index (κ1) is 8.51. The zero-order valence-electron chi connectivity index (χ0n) is 7.53. The Morgan fingerprint density at radius 1 is 1.46 bits per heavy atom. The summed E-state index contributed by atoms with van der Waals surface area (Å²) in [6.07, 6.45) is 5.72. The molecule has 0 spiro atoms. The summed E-state index contributed by atoms with van der Waals surface area (Å²) in [5.41, 5.74) is 1.15. The molecule has 0 aromatic carbocycles. The standard InChI is InChI=1S/C10H14N2O/c13-10-4-9(6-12-7-10)8-2-1-3-11-5-8/h4,6-8,11,13H,1-3,5H2. The summed E-state index contributed by atoms with van der Waals surface area (Å²) in [6, 6.07) is 1.81. The first-order chi connectivity index (χ1) is 6.36. The molecular weight excluding hydrogens is 164 g/mol. The lowest BCUT2D eigenvalue weighted by Crippen LogP contribution is -2.28. The van der Waals surface area contributed by atoms with Crippen LogP contribution in [0.1, 0.15) is 24.3 Å². The van der Waals surface area contributed by atoms with Crippen LogP contribution in [0.15, 0.2) is 18.5 Å². The second-order valence-electron chi connectivity index (χ2n) is 3.52. The molecule has 70 valence electrons. The molecular formula is C10H14N2O. The summed E-state index contributed by atoms with van der Waals surface area (Å²) in [5, 5.41) is 12.6. The Kier molecular flexibility index (Phi) is 2.45. The molecule has 1 fully saturated rings. The van der Waals surface area contributed by atoms with Gasteiger partial charge >= 0.3 is 0 Å². The SMILES string of the molecule is Oc1cncc(C2CCCNC2)c1. The number of aromatic hydroxyl groups is 1. The molecule has 1 saturated heterocycles. The second-order valence-corrected chi connectivity index (χ2v) is 3.52. The number of hydrogen-bond donors (Lipinski definition) is 2. The number of nitrogens with zero attached hydrogens (tertiary/aromatic N) is 1. The Hall–Kier alpha value is -1.09. The molecule has 1 aromatic heterocycles. The summed E-state index contributed by atoms with van der Waals surface area (Å²) in [6.45, 7) is 2.12. The van der Waals surface area contributed by atoms with E-state index in [9.17, 15) is 5.11 Å². The van der Waals surface area contributed by atoms with E-state index in [-0.39, 0.29) is 5.75 Å². The lowest BCUT2D eigenvalue weighted by Gasteiger charge is -2.22. The van der Waals surface area contributed by atoms with Crippen LogP contribution in [0.4, 0.5) is 0 Å². The lowest BCUT2D eigenvalue weighted by atomic mass is 9.93. The third-order valence-electron chi connectivity index (χ3n) is 2.51. The van der Waals surface area contributed by atoms with Gasteiger partial charge in [0.05, 0.1) is 6.20 Å². The van der Waals surface area contributed by atoms with E-state index in [2.05, 4.69) is 10.3 Å². The Morgan fingerprint density at radius 3 is 3.08 bits per heavy atom. The van der Waals surface area contributed by atoms with Gasteiger partial charge in [-0.05, 0) is 36.9 Å². The van der Waals surface area contributed by atoms with Crippen molar-refractivity contribution in [2.45, 2.75) is 18.8 Å². The van der Waals surface area contributed by atoms with Gasteiger partial charge in [-0.2, -0.15) is 0 Å². The molecule has 2 rings (SSSR count). The van der Waals surface area contributed by atoms with Gasteiger partial charge < -0.3 is 10.4 Å². The number of aromatic nitrogens is 1. The van der Waals surface area contributed by atoms with Crippen molar-refractivity contribution in [1.29, 1.82) is 0 Å². The molecule has 1 atom stereocenters. The largest absolute Gasteiger partial charge is 0.506 e. The molecule has 1 aliphatic rings. The molecule has 0 radical (unpaired) electrons. The first-order valence-corrected chi connectivity index (χ1v) is 4.71. The Balaban J connectivity index is 2.14. The monoisotopic (exact) mass is 178 g/mol. The molecule has 0 bridgehead atoms. The van der Waals surface area contributed by atoms with Crippen molar-refractivity contribution in [1.82, 2.24) is 10.3 Å². The van der Waals surface area contributed by atoms with Gasteiger partial charge in [-0.25, -0.2) is 0 Å². The number of nitrogens with one attached hydrogen (secondary N) is 1. The van der Waals surface area contributed by atoms with Crippen molar-refractivity contribution in [3.63, 3.8) is 0 Å². The molecule has 2 N–H and O–H groups in total. The zero-order valence-corrected chi connectivity index (χ0v) is 7.53. The quantitative estimate of drug-likeness (QED) is 0.680. The van der Waals surface area contributed by atoms with E-state index in [1.54, 1.807) is 0 Å².